The van der Waals surface area contributed by atoms with Crippen molar-refractivity contribution in [3.8, 4) is 0 Å². The molecule has 102 valence electrons. The molecule has 1 unspecified atom stereocenters. The maximum absolute atomic E-state index is 11.3. The van der Waals surface area contributed by atoms with Gasteiger partial charge < -0.3 is 10.4 Å². The first kappa shape index (κ1) is 13.4. The molecule has 0 aliphatic carbocycles. The minimum atomic E-state index is -0.873. The molecule has 20 heavy (non-hydrogen) atoms. The van der Waals surface area contributed by atoms with Crippen molar-refractivity contribution in [2.24, 2.45) is 0 Å². The lowest BCUT2D eigenvalue weighted by Crippen LogP contribution is -2.03. The van der Waals surface area contributed by atoms with Crippen LogP contribution in [0, 0.1) is 0 Å². The molecular weight excluding hydrogens is 297 g/mol. The van der Waals surface area contributed by atoms with Gasteiger partial charge in [0.1, 0.15) is 6.10 Å². The number of carbonyl (C=O) groups excluding carboxylic acids is 1. The minimum absolute atomic E-state index is 0.0348. The quantitative estimate of drug-likeness (QED) is 0.891. The maximum atomic E-state index is 11.3. The Morgan fingerprint density at radius 3 is 2.80 bits per heavy atom. The van der Waals surface area contributed by atoms with Crippen LogP contribution in [0.3, 0.4) is 0 Å². The van der Waals surface area contributed by atoms with Crippen molar-refractivity contribution in [1.29, 1.82) is 0 Å². The summed E-state index contributed by atoms with van der Waals surface area (Å²) >= 11 is 12.1. The number of nitrogens with one attached hydrogen (secondary N) is 1. The molecule has 0 fully saturated rings. The molecule has 1 atom stereocenters. The number of halogens is 2. The van der Waals surface area contributed by atoms with E-state index in [9.17, 15) is 9.90 Å². The van der Waals surface area contributed by atoms with Gasteiger partial charge >= 0.3 is 0 Å². The third-order valence-corrected chi connectivity index (χ3v) is 4.18. The number of hydrogen-bond acceptors (Lipinski definition) is 2. The predicted octanol–water partition coefficient (Wildman–Crippen LogP) is 3.57. The number of benzene rings is 2. The molecule has 2 aromatic carbocycles. The molecule has 1 heterocycles. The summed E-state index contributed by atoms with van der Waals surface area (Å²) < 4.78 is 0. The van der Waals surface area contributed by atoms with E-state index in [-0.39, 0.29) is 5.91 Å². The molecule has 2 N–H and O–H groups in total. The monoisotopic (exact) mass is 307 g/mol. The Morgan fingerprint density at radius 2 is 2.00 bits per heavy atom. The van der Waals surface area contributed by atoms with E-state index in [1.54, 1.807) is 30.3 Å². The number of aliphatic hydroxyl groups is 1. The van der Waals surface area contributed by atoms with Crippen LogP contribution in [0.4, 0.5) is 5.69 Å². The lowest BCUT2D eigenvalue weighted by atomic mass is 9.99. The molecule has 3 rings (SSSR count). The van der Waals surface area contributed by atoms with Crippen LogP contribution in [0.15, 0.2) is 36.4 Å². The Hall–Kier alpha value is -1.55. The SMILES string of the molecule is O=C1Cc2cc(C(O)c3cccc(Cl)c3Cl)ccc2N1. The van der Waals surface area contributed by atoms with Gasteiger partial charge in [-0.15, -0.1) is 0 Å². The number of hydrogen-bond donors (Lipinski definition) is 2. The molecule has 0 aromatic heterocycles. The summed E-state index contributed by atoms with van der Waals surface area (Å²) in [7, 11) is 0. The van der Waals surface area contributed by atoms with Gasteiger partial charge in [-0.05, 0) is 23.3 Å². The zero-order valence-electron chi connectivity index (χ0n) is 10.4. The fourth-order valence-corrected chi connectivity index (χ4v) is 2.74. The summed E-state index contributed by atoms with van der Waals surface area (Å²) in [6.45, 7) is 0. The number of amides is 1. The van der Waals surface area contributed by atoms with E-state index in [1.807, 2.05) is 6.07 Å². The average Bonchev–Trinajstić information content (AvgIpc) is 2.80. The van der Waals surface area contributed by atoms with E-state index in [2.05, 4.69) is 5.32 Å². The van der Waals surface area contributed by atoms with Gasteiger partial charge in [0, 0.05) is 11.3 Å². The van der Waals surface area contributed by atoms with Crippen molar-refractivity contribution in [2.75, 3.05) is 5.32 Å². The van der Waals surface area contributed by atoms with Crippen LogP contribution >= 0.6 is 23.2 Å². The first-order valence-corrected chi connectivity index (χ1v) is 6.86. The highest BCUT2D eigenvalue weighted by Gasteiger charge is 2.21. The number of carbonyl (C=O) groups is 1. The number of fused-ring (bicyclic) bond motifs is 1. The van der Waals surface area contributed by atoms with Gasteiger partial charge in [0.2, 0.25) is 5.91 Å². The van der Waals surface area contributed by atoms with Crippen LogP contribution in [-0.4, -0.2) is 11.0 Å². The smallest absolute Gasteiger partial charge is 0.228 e. The number of anilines is 1. The lowest BCUT2D eigenvalue weighted by Gasteiger charge is -2.14. The van der Waals surface area contributed by atoms with Crippen molar-refractivity contribution >= 4 is 34.8 Å². The summed E-state index contributed by atoms with van der Waals surface area (Å²) in [6.07, 6.45) is -0.540. The molecule has 5 heteroatoms. The standard InChI is InChI=1S/C15H11Cl2NO2/c16-11-3-1-2-10(14(11)17)15(20)8-4-5-12-9(6-8)7-13(19)18-12/h1-6,15,20H,7H2,(H,18,19). The largest absolute Gasteiger partial charge is 0.384 e. The molecule has 0 spiro atoms. The molecule has 0 saturated heterocycles. The third kappa shape index (κ3) is 2.29. The second kappa shape index (κ2) is 5.09. The second-order valence-electron chi connectivity index (χ2n) is 4.69. The van der Waals surface area contributed by atoms with Crippen molar-refractivity contribution in [1.82, 2.24) is 0 Å². The van der Waals surface area contributed by atoms with Crippen molar-refractivity contribution in [2.45, 2.75) is 12.5 Å². The van der Waals surface area contributed by atoms with E-state index in [4.69, 9.17) is 23.2 Å². The molecular formula is C15H11Cl2NO2. The van der Waals surface area contributed by atoms with E-state index in [0.717, 1.165) is 11.3 Å². The fraction of sp³-hybridized carbons (Fsp3) is 0.133. The molecule has 0 radical (unpaired) electrons. The zero-order valence-corrected chi connectivity index (χ0v) is 11.9. The van der Waals surface area contributed by atoms with E-state index >= 15 is 0 Å². The molecule has 3 nitrogen and oxygen atoms in total. The first-order valence-electron chi connectivity index (χ1n) is 6.11. The van der Waals surface area contributed by atoms with E-state index in [0.29, 0.717) is 27.6 Å². The Balaban J connectivity index is 1.99. The van der Waals surface area contributed by atoms with Crippen LogP contribution in [0.5, 0.6) is 0 Å². The van der Waals surface area contributed by atoms with Crippen LogP contribution in [0.2, 0.25) is 10.0 Å². The van der Waals surface area contributed by atoms with Gasteiger partial charge in [-0.2, -0.15) is 0 Å². The highest BCUT2D eigenvalue weighted by molar-refractivity contribution is 6.42. The summed E-state index contributed by atoms with van der Waals surface area (Å²) in [4.78, 5) is 11.3. The van der Waals surface area contributed by atoms with E-state index in [1.165, 1.54) is 0 Å². The molecule has 1 aliphatic heterocycles. The van der Waals surface area contributed by atoms with E-state index < -0.39 is 6.10 Å². The van der Waals surface area contributed by atoms with Crippen molar-refractivity contribution in [3.05, 3.63) is 63.1 Å². The van der Waals surface area contributed by atoms with Gasteiger partial charge in [0.15, 0.2) is 0 Å². The Labute approximate surface area is 126 Å². The van der Waals surface area contributed by atoms with Gasteiger partial charge in [-0.3, -0.25) is 4.79 Å². The van der Waals surface area contributed by atoms with Crippen LogP contribution in [0.25, 0.3) is 0 Å². The Kier molecular flexibility index (Phi) is 3.42. The van der Waals surface area contributed by atoms with Gasteiger partial charge in [0.05, 0.1) is 16.5 Å². The van der Waals surface area contributed by atoms with Crippen LogP contribution in [-0.2, 0) is 11.2 Å². The second-order valence-corrected chi connectivity index (χ2v) is 5.47. The summed E-state index contributed by atoms with van der Waals surface area (Å²) in [6, 6.07) is 10.5. The predicted molar refractivity (Wildman–Crippen MR) is 79.3 cm³/mol. The zero-order chi connectivity index (χ0) is 14.3. The van der Waals surface area contributed by atoms with Gasteiger partial charge in [-0.25, -0.2) is 0 Å². The topological polar surface area (TPSA) is 49.3 Å². The summed E-state index contributed by atoms with van der Waals surface area (Å²) in [5, 5.41) is 13.9. The number of rotatable bonds is 2. The van der Waals surface area contributed by atoms with Gasteiger partial charge in [0.25, 0.3) is 0 Å². The van der Waals surface area contributed by atoms with Gasteiger partial charge in [-0.1, -0.05) is 47.5 Å². The fourth-order valence-electron chi connectivity index (χ4n) is 2.33. The molecule has 0 bridgehead atoms. The highest BCUT2D eigenvalue weighted by Crippen LogP contribution is 2.35. The van der Waals surface area contributed by atoms with Crippen LogP contribution < -0.4 is 5.32 Å². The summed E-state index contributed by atoms with van der Waals surface area (Å²) in [5.74, 6) is -0.0348. The molecule has 1 amide bonds. The Bertz CT molecular complexity index is 700. The average molecular weight is 308 g/mol. The van der Waals surface area contributed by atoms with Crippen LogP contribution in [0.1, 0.15) is 22.8 Å². The normalized spacial score (nSPS) is 14.8. The highest BCUT2D eigenvalue weighted by atomic mass is 35.5. The minimum Gasteiger partial charge on any atom is -0.384 e. The summed E-state index contributed by atoms with van der Waals surface area (Å²) in [5.41, 5.74) is 2.91. The molecule has 2 aromatic rings. The first-order chi connectivity index (χ1) is 9.56. The maximum Gasteiger partial charge on any atom is 0.228 e. The number of aliphatic hydroxyl groups excluding tert-OH is 1. The lowest BCUT2D eigenvalue weighted by molar-refractivity contribution is -0.115. The Morgan fingerprint density at radius 1 is 1.20 bits per heavy atom. The molecule has 0 saturated carbocycles. The molecule has 1 aliphatic rings. The van der Waals surface area contributed by atoms with Crippen molar-refractivity contribution in [3.63, 3.8) is 0 Å². The van der Waals surface area contributed by atoms with Crippen molar-refractivity contribution < 1.29 is 9.90 Å². The third-order valence-electron chi connectivity index (χ3n) is 3.35.